The van der Waals surface area contributed by atoms with Crippen LogP contribution in [0.25, 0.3) is 0 Å². The summed E-state index contributed by atoms with van der Waals surface area (Å²) in [5, 5.41) is 6.81. The lowest BCUT2D eigenvalue weighted by Crippen LogP contribution is -2.38. The molecule has 0 spiro atoms. The van der Waals surface area contributed by atoms with Gasteiger partial charge in [0.25, 0.3) is 0 Å². The summed E-state index contributed by atoms with van der Waals surface area (Å²) in [6.45, 7) is 6.46. The Morgan fingerprint density at radius 3 is 2.89 bits per heavy atom. The molecule has 3 heteroatoms. The Labute approximate surface area is 109 Å². The van der Waals surface area contributed by atoms with Crippen molar-refractivity contribution in [2.24, 2.45) is 5.41 Å². The third-order valence-corrected chi connectivity index (χ3v) is 4.21. The van der Waals surface area contributed by atoms with Gasteiger partial charge in [0.05, 0.1) is 6.61 Å². The second-order valence-electron chi connectivity index (χ2n) is 5.81. The molecule has 0 atom stereocenters. The molecular formula is C15H22N2O. The fourth-order valence-corrected chi connectivity index (χ4v) is 2.87. The number of fused-ring (bicyclic) bond motifs is 1. The largest absolute Gasteiger partial charge is 0.493 e. The Kier molecular flexibility index (Phi) is 3.16. The van der Waals surface area contributed by atoms with E-state index in [4.69, 9.17) is 4.74 Å². The Bertz CT molecular complexity index is 425. The number of benzene rings is 1. The van der Waals surface area contributed by atoms with Crippen LogP contribution in [0.5, 0.6) is 5.75 Å². The van der Waals surface area contributed by atoms with Crippen LogP contribution < -0.4 is 15.4 Å². The number of ether oxygens (including phenoxy) is 1. The average molecular weight is 246 g/mol. The lowest BCUT2D eigenvalue weighted by Gasteiger charge is -2.33. The molecule has 3 nitrogen and oxygen atoms in total. The van der Waals surface area contributed by atoms with Crippen LogP contribution in [0.2, 0.25) is 0 Å². The maximum atomic E-state index is 6.12. The minimum Gasteiger partial charge on any atom is -0.493 e. The first-order valence-corrected chi connectivity index (χ1v) is 6.96. The van der Waals surface area contributed by atoms with Gasteiger partial charge in [0.15, 0.2) is 0 Å². The first-order chi connectivity index (χ1) is 8.77. The van der Waals surface area contributed by atoms with Crippen LogP contribution in [0.1, 0.15) is 25.3 Å². The molecular weight excluding hydrogens is 224 g/mol. The highest BCUT2D eigenvalue weighted by atomic mass is 16.5. The van der Waals surface area contributed by atoms with E-state index in [0.29, 0.717) is 5.41 Å². The number of rotatable bonds is 3. The Morgan fingerprint density at radius 1 is 1.22 bits per heavy atom. The van der Waals surface area contributed by atoms with Gasteiger partial charge in [-0.1, -0.05) is 13.0 Å². The fourth-order valence-electron chi connectivity index (χ4n) is 2.87. The molecule has 1 aromatic rings. The third-order valence-electron chi connectivity index (χ3n) is 4.21. The molecule has 2 heterocycles. The van der Waals surface area contributed by atoms with E-state index in [1.165, 1.54) is 24.1 Å². The first kappa shape index (κ1) is 11.8. The van der Waals surface area contributed by atoms with E-state index in [9.17, 15) is 0 Å². The highest BCUT2D eigenvalue weighted by molar-refractivity contribution is 5.61. The number of nitrogens with one attached hydrogen (secondary N) is 2. The summed E-state index contributed by atoms with van der Waals surface area (Å²) in [6.07, 6.45) is 3.50. The molecule has 0 aliphatic carbocycles. The SMILES string of the molecule is CC1(COc2cccc3c2CCN3)CCNCC1. The molecule has 2 aliphatic heterocycles. The van der Waals surface area contributed by atoms with Crippen molar-refractivity contribution in [3.05, 3.63) is 23.8 Å². The zero-order valence-corrected chi connectivity index (χ0v) is 11.1. The van der Waals surface area contributed by atoms with Gasteiger partial charge in [-0.3, -0.25) is 0 Å². The normalized spacial score (nSPS) is 21.2. The maximum absolute atomic E-state index is 6.12. The highest BCUT2D eigenvalue weighted by Gasteiger charge is 2.28. The molecule has 0 aromatic heterocycles. The van der Waals surface area contributed by atoms with Crippen LogP contribution in [-0.2, 0) is 6.42 Å². The molecule has 18 heavy (non-hydrogen) atoms. The van der Waals surface area contributed by atoms with Crippen LogP contribution in [-0.4, -0.2) is 26.2 Å². The zero-order valence-electron chi connectivity index (χ0n) is 11.1. The van der Waals surface area contributed by atoms with Gasteiger partial charge in [-0.2, -0.15) is 0 Å². The maximum Gasteiger partial charge on any atom is 0.124 e. The molecule has 0 bridgehead atoms. The molecule has 1 saturated heterocycles. The van der Waals surface area contributed by atoms with E-state index in [1.54, 1.807) is 0 Å². The van der Waals surface area contributed by atoms with Crippen molar-refractivity contribution in [3.8, 4) is 5.75 Å². The van der Waals surface area contributed by atoms with Crippen molar-refractivity contribution < 1.29 is 4.74 Å². The standard InChI is InChI=1S/C15H22N2O/c1-15(6-9-16-10-7-15)11-18-14-4-2-3-13-12(14)5-8-17-13/h2-4,16-17H,5-11H2,1H3. The molecule has 2 N–H and O–H groups in total. The van der Waals surface area contributed by atoms with Crippen molar-refractivity contribution in [2.75, 3.05) is 31.6 Å². The molecule has 1 aromatic carbocycles. The Balaban J connectivity index is 1.68. The zero-order chi connectivity index (χ0) is 12.4. The quantitative estimate of drug-likeness (QED) is 0.859. The number of anilines is 1. The molecule has 98 valence electrons. The van der Waals surface area contributed by atoms with Crippen molar-refractivity contribution in [3.63, 3.8) is 0 Å². The smallest absolute Gasteiger partial charge is 0.124 e. The Morgan fingerprint density at radius 2 is 2.06 bits per heavy atom. The summed E-state index contributed by atoms with van der Waals surface area (Å²) < 4.78 is 6.12. The van der Waals surface area contributed by atoms with Gasteiger partial charge in [-0.25, -0.2) is 0 Å². The third kappa shape index (κ3) is 2.32. The number of hydrogen-bond acceptors (Lipinski definition) is 3. The second kappa shape index (κ2) is 4.81. The molecule has 3 rings (SSSR count). The van der Waals surface area contributed by atoms with E-state index >= 15 is 0 Å². The minimum atomic E-state index is 0.333. The highest BCUT2D eigenvalue weighted by Crippen LogP contribution is 2.34. The molecule has 1 fully saturated rings. The predicted octanol–water partition coefficient (Wildman–Crippen LogP) is 2.42. The van der Waals surface area contributed by atoms with E-state index in [1.807, 2.05) is 0 Å². The topological polar surface area (TPSA) is 33.3 Å². The molecule has 0 saturated carbocycles. The monoisotopic (exact) mass is 246 g/mol. The van der Waals surface area contributed by atoms with E-state index in [-0.39, 0.29) is 0 Å². The van der Waals surface area contributed by atoms with Crippen LogP contribution >= 0.6 is 0 Å². The first-order valence-electron chi connectivity index (χ1n) is 6.96. The van der Waals surface area contributed by atoms with Crippen LogP contribution in [0, 0.1) is 5.41 Å². The average Bonchev–Trinajstić information content (AvgIpc) is 2.86. The van der Waals surface area contributed by atoms with Crippen molar-refractivity contribution in [2.45, 2.75) is 26.2 Å². The molecule has 2 aliphatic rings. The van der Waals surface area contributed by atoms with E-state index < -0.39 is 0 Å². The van der Waals surface area contributed by atoms with E-state index in [2.05, 4.69) is 35.8 Å². The van der Waals surface area contributed by atoms with Gasteiger partial charge in [0, 0.05) is 23.2 Å². The van der Waals surface area contributed by atoms with Gasteiger partial charge in [-0.15, -0.1) is 0 Å². The molecule has 0 unspecified atom stereocenters. The lowest BCUT2D eigenvalue weighted by atomic mass is 9.82. The van der Waals surface area contributed by atoms with Crippen molar-refractivity contribution in [1.82, 2.24) is 5.32 Å². The minimum absolute atomic E-state index is 0.333. The van der Waals surface area contributed by atoms with Crippen LogP contribution in [0.4, 0.5) is 5.69 Å². The van der Waals surface area contributed by atoms with Crippen LogP contribution in [0.15, 0.2) is 18.2 Å². The van der Waals surface area contributed by atoms with Gasteiger partial charge in [0.2, 0.25) is 0 Å². The number of piperidine rings is 1. The lowest BCUT2D eigenvalue weighted by molar-refractivity contribution is 0.123. The summed E-state index contributed by atoms with van der Waals surface area (Å²) in [4.78, 5) is 0. The summed E-state index contributed by atoms with van der Waals surface area (Å²) in [5.74, 6) is 1.08. The predicted molar refractivity (Wildman–Crippen MR) is 74.3 cm³/mol. The van der Waals surface area contributed by atoms with Gasteiger partial charge < -0.3 is 15.4 Å². The van der Waals surface area contributed by atoms with Gasteiger partial charge in [-0.05, 0) is 44.5 Å². The van der Waals surface area contributed by atoms with Gasteiger partial charge >= 0.3 is 0 Å². The summed E-state index contributed by atoms with van der Waals surface area (Å²) in [7, 11) is 0. The van der Waals surface area contributed by atoms with E-state index in [0.717, 1.165) is 38.4 Å². The summed E-state index contributed by atoms with van der Waals surface area (Å²) >= 11 is 0. The second-order valence-corrected chi connectivity index (χ2v) is 5.81. The van der Waals surface area contributed by atoms with Crippen molar-refractivity contribution in [1.29, 1.82) is 0 Å². The molecule has 0 amide bonds. The van der Waals surface area contributed by atoms with Crippen molar-refractivity contribution >= 4 is 5.69 Å². The Hall–Kier alpha value is -1.22. The van der Waals surface area contributed by atoms with Gasteiger partial charge in [0.1, 0.15) is 5.75 Å². The summed E-state index contributed by atoms with van der Waals surface area (Å²) in [6, 6.07) is 6.33. The fraction of sp³-hybridized carbons (Fsp3) is 0.600. The summed E-state index contributed by atoms with van der Waals surface area (Å²) in [5.41, 5.74) is 2.94. The van der Waals surface area contributed by atoms with Crippen LogP contribution in [0.3, 0.4) is 0 Å². The molecule has 0 radical (unpaired) electrons. The number of hydrogen-bond donors (Lipinski definition) is 2.